The summed E-state index contributed by atoms with van der Waals surface area (Å²) in [4.78, 5) is 19.8. The number of hydrogen-bond donors (Lipinski definition) is 2. The third kappa shape index (κ3) is 7.03. The standard InChI is InChI=1S/C34H34N6O2/c41-34(23-27-9-5-2-6-10-27)37-33-25-31(38-40(33)18-16-26-7-3-1-4-8-26)28-15-17-35-32(24-28)36-29-11-13-30(14-12-29)39-19-21-42-22-20-39/h1-15,17,24-25H,16,18-23H2,(H,35,36)(H,37,41). The Kier molecular flexibility index (Phi) is 8.52. The Balaban J connectivity index is 1.19. The normalized spacial score (nSPS) is 13.1. The van der Waals surface area contributed by atoms with Gasteiger partial charge in [0.2, 0.25) is 5.91 Å². The van der Waals surface area contributed by atoms with Crippen molar-refractivity contribution in [3.05, 3.63) is 120 Å². The first-order valence-corrected chi connectivity index (χ1v) is 14.3. The van der Waals surface area contributed by atoms with E-state index in [0.29, 0.717) is 18.8 Å². The monoisotopic (exact) mass is 558 g/mol. The number of pyridine rings is 1. The van der Waals surface area contributed by atoms with E-state index >= 15 is 0 Å². The van der Waals surface area contributed by atoms with E-state index in [0.717, 1.165) is 61.1 Å². The van der Waals surface area contributed by atoms with Crippen molar-refractivity contribution in [3.8, 4) is 11.3 Å². The number of ether oxygens (including phenoxy) is 1. The van der Waals surface area contributed by atoms with Crippen LogP contribution in [0.1, 0.15) is 11.1 Å². The highest BCUT2D eigenvalue weighted by atomic mass is 16.5. The fraction of sp³-hybridized carbons (Fsp3) is 0.206. The molecule has 1 aliphatic heterocycles. The number of morpholine rings is 1. The Hall–Kier alpha value is -4.95. The van der Waals surface area contributed by atoms with Crippen LogP contribution in [0.2, 0.25) is 0 Å². The van der Waals surface area contributed by atoms with Crippen molar-refractivity contribution in [2.75, 3.05) is 41.8 Å². The Morgan fingerprint density at radius 2 is 1.55 bits per heavy atom. The average molecular weight is 559 g/mol. The second-order valence-electron chi connectivity index (χ2n) is 10.3. The molecule has 1 amide bonds. The molecule has 0 atom stereocenters. The van der Waals surface area contributed by atoms with Gasteiger partial charge in [0, 0.05) is 48.8 Å². The Labute approximate surface area is 246 Å². The molecule has 42 heavy (non-hydrogen) atoms. The summed E-state index contributed by atoms with van der Waals surface area (Å²) in [6.45, 7) is 3.97. The van der Waals surface area contributed by atoms with Gasteiger partial charge in [0.15, 0.2) is 0 Å². The van der Waals surface area contributed by atoms with E-state index in [-0.39, 0.29) is 5.91 Å². The fourth-order valence-corrected chi connectivity index (χ4v) is 5.06. The largest absolute Gasteiger partial charge is 0.378 e. The molecule has 0 aliphatic carbocycles. The third-order valence-electron chi connectivity index (χ3n) is 7.28. The lowest BCUT2D eigenvalue weighted by Crippen LogP contribution is -2.36. The number of benzene rings is 3. The van der Waals surface area contributed by atoms with E-state index in [2.05, 4.69) is 56.9 Å². The zero-order chi connectivity index (χ0) is 28.6. The Morgan fingerprint density at radius 1 is 0.833 bits per heavy atom. The maximum atomic E-state index is 13.0. The van der Waals surface area contributed by atoms with Crippen molar-refractivity contribution in [1.29, 1.82) is 0 Å². The van der Waals surface area contributed by atoms with Crippen molar-refractivity contribution < 1.29 is 9.53 Å². The number of aryl methyl sites for hydroxylation is 2. The minimum Gasteiger partial charge on any atom is -0.378 e. The maximum absolute atomic E-state index is 13.0. The van der Waals surface area contributed by atoms with Crippen molar-refractivity contribution in [3.63, 3.8) is 0 Å². The molecule has 6 rings (SSSR count). The Morgan fingerprint density at radius 3 is 2.29 bits per heavy atom. The van der Waals surface area contributed by atoms with Gasteiger partial charge in [-0.3, -0.25) is 4.79 Å². The number of hydrogen-bond acceptors (Lipinski definition) is 6. The molecule has 0 unspecified atom stereocenters. The lowest BCUT2D eigenvalue weighted by Gasteiger charge is -2.28. The van der Waals surface area contributed by atoms with Gasteiger partial charge in [-0.05, 0) is 53.9 Å². The first kappa shape index (κ1) is 27.2. The molecule has 1 aliphatic rings. The summed E-state index contributed by atoms with van der Waals surface area (Å²) in [6, 6.07) is 34.3. The van der Waals surface area contributed by atoms with Crippen molar-refractivity contribution in [2.45, 2.75) is 19.4 Å². The molecule has 0 bridgehead atoms. The van der Waals surface area contributed by atoms with E-state index in [1.54, 1.807) is 6.20 Å². The molecule has 1 saturated heterocycles. The third-order valence-corrected chi connectivity index (χ3v) is 7.28. The smallest absolute Gasteiger partial charge is 0.229 e. The highest BCUT2D eigenvalue weighted by molar-refractivity contribution is 5.92. The predicted molar refractivity (Wildman–Crippen MR) is 167 cm³/mol. The van der Waals surface area contributed by atoms with Crippen molar-refractivity contribution in [2.24, 2.45) is 0 Å². The molecule has 212 valence electrons. The molecule has 3 aromatic carbocycles. The lowest BCUT2D eigenvalue weighted by atomic mass is 10.1. The summed E-state index contributed by atoms with van der Waals surface area (Å²) in [5.41, 5.74) is 6.01. The van der Waals surface area contributed by atoms with Crippen LogP contribution in [0.25, 0.3) is 11.3 Å². The van der Waals surface area contributed by atoms with Gasteiger partial charge in [-0.2, -0.15) is 5.10 Å². The van der Waals surface area contributed by atoms with Crippen LogP contribution >= 0.6 is 0 Å². The van der Waals surface area contributed by atoms with E-state index in [4.69, 9.17) is 9.84 Å². The maximum Gasteiger partial charge on any atom is 0.229 e. The number of nitrogens with zero attached hydrogens (tertiary/aromatic N) is 4. The molecule has 0 saturated carbocycles. The molecular weight excluding hydrogens is 524 g/mol. The molecule has 8 nitrogen and oxygen atoms in total. The van der Waals surface area contributed by atoms with Crippen LogP contribution in [0.5, 0.6) is 0 Å². The van der Waals surface area contributed by atoms with Crippen LogP contribution < -0.4 is 15.5 Å². The summed E-state index contributed by atoms with van der Waals surface area (Å²) >= 11 is 0. The molecule has 0 spiro atoms. The van der Waals surface area contributed by atoms with Crippen LogP contribution in [-0.4, -0.2) is 47.0 Å². The molecule has 1 fully saturated rings. The van der Waals surface area contributed by atoms with Crippen LogP contribution in [0.15, 0.2) is 109 Å². The second-order valence-corrected chi connectivity index (χ2v) is 10.3. The minimum atomic E-state index is -0.0776. The number of carbonyl (C=O) groups excluding carboxylic acids is 1. The molecule has 2 aromatic heterocycles. The van der Waals surface area contributed by atoms with Crippen molar-refractivity contribution in [1.82, 2.24) is 14.8 Å². The number of anilines is 4. The number of aromatic nitrogens is 3. The van der Waals surface area contributed by atoms with Crippen LogP contribution in [-0.2, 0) is 28.9 Å². The van der Waals surface area contributed by atoms with Gasteiger partial charge in [-0.25, -0.2) is 9.67 Å². The SMILES string of the molecule is O=C(Cc1ccccc1)Nc1cc(-c2ccnc(Nc3ccc(N4CCOCC4)cc3)c2)nn1CCc1ccccc1. The quantitative estimate of drug-likeness (QED) is 0.220. The van der Waals surface area contributed by atoms with Gasteiger partial charge >= 0.3 is 0 Å². The highest BCUT2D eigenvalue weighted by Gasteiger charge is 2.15. The average Bonchev–Trinajstić information content (AvgIpc) is 3.44. The van der Waals surface area contributed by atoms with Gasteiger partial charge in [0.1, 0.15) is 11.6 Å². The number of nitrogens with one attached hydrogen (secondary N) is 2. The summed E-state index contributed by atoms with van der Waals surface area (Å²) < 4.78 is 7.35. The van der Waals surface area contributed by atoms with Crippen LogP contribution in [0.4, 0.5) is 23.0 Å². The van der Waals surface area contributed by atoms with Gasteiger partial charge < -0.3 is 20.3 Å². The zero-order valence-corrected chi connectivity index (χ0v) is 23.4. The highest BCUT2D eigenvalue weighted by Crippen LogP contribution is 2.26. The molecule has 0 radical (unpaired) electrons. The Bertz CT molecular complexity index is 1600. The van der Waals surface area contributed by atoms with E-state index in [9.17, 15) is 4.79 Å². The topological polar surface area (TPSA) is 84.3 Å². The first-order valence-electron chi connectivity index (χ1n) is 14.3. The number of amides is 1. The van der Waals surface area contributed by atoms with Crippen LogP contribution in [0.3, 0.4) is 0 Å². The summed E-state index contributed by atoms with van der Waals surface area (Å²) in [5.74, 6) is 1.32. The number of carbonyl (C=O) groups is 1. The second kappa shape index (κ2) is 13.1. The zero-order valence-electron chi connectivity index (χ0n) is 23.4. The molecule has 3 heterocycles. The van der Waals surface area contributed by atoms with Gasteiger partial charge in [-0.1, -0.05) is 60.7 Å². The summed E-state index contributed by atoms with van der Waals surface area (Å²) in [7, 11) is 0. The van der Waals surface area contributed by atoms with Crippen LogP contribution in [0, 0.1) is 0 Å². The van der Waals surface area contributed by atoms with Gasteiger partial charge in [-0.15, -0.1) is 0 Å². The van der Waals surface area contributed by atoms with E-state index in [1.807, 2.05) is 71.4 Å². The van der Waals surface area contributed by atoms with Crippen molar-refractivity contribution >= 4 is 28.9 Å². The van der Waals surface area contributed by atoms with E-state index in [1.165, 1.54) is 11.3 Å². The fourth-order valence-electron chi connectivity index (χ4n) is 5.06. The summed E-state index contributed by atoms with van der Waals surface area (Å²) in [6.07, 6.45) is 2.87. The first-order chi connectivity index (χ1) is 20.7. The number of rotatable bonds is 10. The summed E-state index contributed by atoms with van der Waals surface area (Å²) in [5, 5.41) is 11.4. The molecule has 8 heteroatoms. The molecular formula is C34H34N6O2. The van der Waals surface area contributed by atoms with E-state index < -0.39 is 0 Å². The minimum absolute atomic E-state index is 0.0776. The van der Waals surface area contributed by atoms with Gasteiger partial charge in [0.05, 0.1) is 25.3 Å². The molecule has 2 N–H and O–H groups in total. The molecule has 5 aromatic rings. The van der Waals surface area contributed by atoms with Gasteiger partial charge in [0.25, 0.3) is 0 Å². The lowest BCUT2D eigenvalue weighted by molar-refractivity contribution is -0.115. The predicted octanol–water partition coefficient (Wildman–Crippen LogP) is 5.95.